The summed E-state index contributed by atoms with van der Waals surface area (Å²) in [5, 5.41) is 2.75. The van der Waals surface area contributed by atoms with Gasteiger partial charge in [0.05, 0.1) is 20.3 Å². The number of carbonyl (C=O) groups is 1. The quantitative estimate of drug-likeness (QED) is 0.453. The van der Waals surface area contributed by atoms with E-state index in [0.717, 1.165) is 0 Å². The van der Waals surface area contributed by atoms with Gasteiger partial charge in [-0.1, -0.05) is 24.3 Å². The predicted molar refractivity (Wildman–Crippen MR) is 134 cm³/mol. The Morgan fingerprint density at radius 1 is 1.03 bits per heavy atom. The van der Waals surface area contributed by atoms with Crippen molar-refractivity contribution >= 4 is 21.6 Å². The summed E-state index contributed by atoms with van der Waals surface area (Å²) in [5.74, 6) is -0.714. The average molecular weight is 551 g/mol. The van der Waals surface area contributed by atoms with E-state index in [1.165, 1.54) is 53.9 Å². The van der Waals surface area contributed by atoms with Crippen molar-refractivity contribution in [2.24, 2.45) is 0 Å². The van der Waals surface area contributed by atoms with Gasteiger partial charge in [-0.3, -0.25) is 4.79 Å². The topological polar surface area (TPSA) is 94.2 Å². The average Bonchev–Trinajstić information content (AvgIpc) is 2.88. The number of methoxy groups -OCH3 is 1. The molecule has 202 valence electrons. The van der Waals surface area contributed by atoms with Crippen molar-refractivity contribution in [3.8, 4) is 22.6 Å². The zero-order chi connectivity index (χ0) is 27.5. The van der Waals surface area contributed by atoms with Gasteiger partial charge in [-0.2, -0.15) is 4.31 Å². The van der Waals surface area contributed by atoms with E-state index >= 15 is 0 Å². The number of benzene rings is 3. The van der Waals surface area contributed by atoms with Gasteiger partial charge >= 0.3 is 6.36 Å². The minimum Gasteiger partial charge on any atom is -0.495 e. The standard InChI is InChI=1S/C26H25F3N2O6S/c1-17-21(18-6-9-20(10-7-18)37-26(27,28)29)4-3-5-22(17)25(32)30-19-8-11-24(23(16-19)35-2)38(33,34)31-12-14-36-15-13-31/h3-11,16H,12-15H2,1-2H3,(H,30,32). The summed E-state index contributed by atoms with van der Waals surface area (Å²) in [5.41, 5.74) is 2.52. The Morgan fingerprint density at radius 2 is 1.71 bits per heavy atom. The molecule has 0 aromatic heterocycles. The molecule has 3 aromatic carbocycles. The molecular formula is C26H25F3N2O6S. The van der Waals surface area contributed by atoms with Crippen molar-refractivity contribution < 1.29 is 40.6 Å². The molecule has 0 atom stereocenters. The van der Waals surface area contributed by atoms with Gasteiger partial charge in [0.25, 0.3) is 5.91 Å². The summed E-state index contributed by atoms with van der Waals surface area (Å²) in [7, 11) is -2.47. The van der Waals surface area contributed by atoms with Crippen LogP contribution in [-0.4, -0.2) is 58.4 Å². The molecular weight excluding hydrogens is 525 g/mol. The van der Waals surface area contributed by atoms with E-state index in [4.69, 9.17) is 9.47 Å². The summed E-state index contributed by atoms with van der Waals surface area (Å²) in [6.45, 7) is 2.80. The van der Waals surface area contributed by atoms with Crippen molar-refractivity contribution in [2.75, 3.05) is 38.7 Å². The van der Waals surface area contributed by atoms with Gasteiger partial charge in [-0.05, 0) is 53.9 Å². The number of anilines is 1. The SMILES string of the molecule is COc1cc(NC(=O)c2cccc(-c3ccc(OC(F)(F)F)cc3)c2C)ccc1S(=O)(=O)N1CCOCC1. The maximum Gasteiger partial charge on any atom is 0.573 e. The molecule has 8 nitrogen and oxygen atoms in total. The minimum atomic E-state index is -4.79. The number of carbonyl (C=O) groups excluding carboxylic acids is 1. The van der Waals surface area contributed by atoms with E-state index in [9.17, 15) is 26.4 Å². The van der Waals surface area contributed by atoms with Crippen molar-refractivity contribution in [2.45, 2.75) is 18.2 Å². The fourth-order valence-electron chi connectivity index (χ4n) is 4.11. The highest BCUT2D eigenvalue weighted by molar-refractivity contribution is 7.89. The lowest BCUT2D eigenvalue weighted by Gasteiger charge is -2.26. The molecule has 0 spiro atoms. The number of morpholine rings is 1. The van der Waals surface area contributed by atoms with Crippen LogP contribution in [0, 0.1) is 6.92 Å². The molecule has 1 aliphatic rings. The summed E-state index contributed by atoms with van der Waals surface area (Å²) in [6.07, 6.45) is -4.79. The van der Waals surface area contributed by atoms with Crippen molar-refractivity contribution in [1.29, 1.82) is 0 Å². The Hall–Kier alpha value is -3.61. The number of hydrogen-bond donors (Lipinski definition) is 1. The van der Waals surface area contributed by atoms with E-state index < -0.39 is 22.3 Å². The van der Waals surface area contributed by atoms with Gasteiger partial charge in [0.1, 0.15) is 16.4 Å². The van der Waals surface area contributed by atoms with E-state index in [1.807, 2.05) is 0 Å². The molecule has 1 heterocycles. The van der Waals surface area contributed by atoms with Crippen LogP contribution >= 0.6 is 0 Å². The lowest BCUT2D eigenvalue weighted by atomic mass is 9.96. The molecule has 0 unspecified atom stereocenters. The van der Waals surface area contributed by atoms with Gasteiger partial charge in [0.15, 0.2) is 0 Å². The van der Waals surface area contributed by atoms with Crippen molar-refractivity contribution in [3.63, 3.8) is 0 Å². The lowest BCUT2D eigenvalue weighted by molar-refractivity contribution is -0.274. The molecule has 0 radical (unpaired) electrons. The number of rotatable bonds is 7. The van der Waals surface area contributed by atoms with Crippen LogP contribution in [0.3, 0.4) is 0 Å². The molecule has 0 bridgehead atoms. The Morgan fingerprint density at radius 3 is 2.34 bits per heavy atom. The van der Waals surface area contributed by atoms with Crippen LogP contribution in [0.4, 0.5) is 18.9 Å². The van der Waals surface area contributed by atoms with Crippen molar-refractivity contribution in [3.05, 3.63) is 71.8 Å². The third-order valence-corrected chi connectivity index (χ3v) is 7.92. The minimum absolute atomic E-state index is 0.0176. The Labute approximate surface area is 218 Å². The maximum absolute atomic E-state index is 13.1. The summed E-state index contributed by atoms with van der Waals surface area (Å²) >= 11 is 0. The van der Waals surface area contributed by atoms with Crippen LogP contribution in [0.5, 0.6) is 11.5 Å². The molecule has 3 aromatic rings. The van der Waals surface area contributed by atoms with Gasteiger partial charge in [-0.15, -0.1) is 13.2 Å². The number of ether oxygens (including phenoxy) is 3. The van der Waals surface area contributed by atoms with Crippen LogP contribution in [-0.2, 0) is 14.8 Å². The van der Waals surface area contributed by atoms with Crippen LogP contribution in [0.25, 0.3) is 11.1 Å². The predicted octanol–water partition coefficient (Wildman–Crippen LogP) is 4.84. The maximum atomic E-state index is 13.1. The second-order valence-electron chi connectivity index (χ2n) is 8.39. The van der Waals surface area contributed by atoms with E-state index in [0.29, 0.717) is 41.2 Å². The third kappa shape index (κ3) is 6.09. The number of sulfonamides is 1. The Kier molecular flexibility index (Phi) is 7.95. The number of alkyl halides is 3. The van der Waals surface area contributed by atoms with Crippen molar-refractivity contribution in [1.82, 2.24) is 4.31 Å². The number of halogens is 3. The largest absolute Gasteiger partial charge is 0.573 e. The molecule has 1 N–H and O–H groups in total. The van der Waals surface area contributed by atoms with Gasteiger partial charge in [0, 0.05) is 30.4 Å². The molecule has 38 heavy (non-hydrogen) atoms. The number of nitrogens with zero attached hydrogens (tertiary/aromatic N) is 1. The number of hydrogen-bond acceptors (Lipinski definition) is 6. The highest BCUT2D eigenvalue weighted by Crippen LogP contribution is 2.32. The summed E-state index contributed by atoms with van der Waals surface area (Å²) < 4.78 is 79.3. The molecule has 4 rings (SSSR count). The summed E-state index contributed by atoms with van der Waals surface area (Å²) in [4.78, 5) is 13.1. The van der Waals surface area contributed by atoms with E-state index in [-0.39, 0.29) is 29.5 Å². The van der Waals surface area contributed by atoms with Crippen LogP contribution in [0.2, 0.25) is 0 Å². The first-order valence-corrected chi connectivity index (χ1v) is 13.0. The third-order valence-electron chi connectivity index (χ3n) is 5.99. The first-order chi connectivity index (χ1) is 18.0. The zero-order valence-electron chi connectivity index (χ0n) is 20.5. The zero-order valence-corrected chi connectivity index (χ0v) is 21.4. The highest BCUT2D eigenvalue weighted by Gasteiger charge is 2.31. The summed E-state index contributed by atoms with van der Waals surface area (Å²) in [6, 6.07) is 14.7. The Bertz CT molecular complexity index is 1420. The second-order valence-corrected chi connectivity index (χ2v) is 10.3. The van der Waals surface area contributed by atoms with Crippen LogP contribution < -0.4 is 14.8 Å². The molecule has 1 saturated heterocycles. The van der Waals surface area contributed by atoms with E-state index in [1.54, 1.807) is 25.1 Å². The van der Waals surface area contributed by atoms with Gasteiger partial charge in [-0.25, -0.2) is 8.42 Å². The number of nitrogens with one attached hydrogen (secondary N) is 1. The monoisotopic (exact) mass is 550 g/mol. The van der Waals surface area contributed by atoms with Gasteiger partial charge in [0.2, 0.25) is 10.0 Å². The first kappa shape index (κ1) is 27.4. The fraction of sp³-hybridized carbons (Fsp3) is 0.269. The molecule has 12 heteroatoms. The molecule has 1 fully saturated rings. The molecule has 0 aliphatic carbocycles. The highest BCUT2D eigenvalue weighted by atomic mass is 32.2. The van der Waals surface area contributed by atoms with Crippen LogP contribution in [0.15, 0.2) is 65.6 Å². The second kappa shape index (κ2) is 11.0. The first-order valence-electron chi connectivity index (χ1n) is 11.5. The number of amides is 1. The smallest absolute Gasteiger partial charge is 0.495 e. The molecule has 1 amide bonds. The normalized spacial score (nSPS) is 14.7. The van der Waals surface area contributed by atoms with Crippen LogP contribution in [0.1, 0.15) is 15.9 Å². The Balaban J connectivity index is 1.55. The molecule has 1 aliphatic heterocycles. The van der Waals surface area contributed by atoms with E-state index in [2.05, 4.69) is 10.1 Å². The van der Waals surface area contributed by atoms with Gasteiger partial charge < -0.3 is 19.5 Å². The fourth-order valence-corrected chi connectivity index (χ4v) is 5.66. The molecule has 0 saturated carbocycles. The lowest BCUT2D eigenvalue weighted by Crippen LogP contribution is -2.40.